The van der Waals surface area contributed by atoms with Crippen molar-refractivity contribution in [2.75, 3.05) is 6.61 Å². The first kappa shape index (κ1) is 12.7. The Bertz CT molecular complexity index is 274. The summed E-state index contributed by atoms with van der Waals surface area (Å²) >= 11 is 0. The van der Waals surface area contributed by atoms with Gasteiger partial charge in [0.15, 0.2) is 6.29 Å². The van der Waals surface area contributed by atoms with Crippen LogP contribution in [-0.4, -0.2) is 57.3 Å². The summed E-state index contributed by atoms with van der Waals surface area (Å²) in [4.78, 5) is 27.1. The number of ether oxygens (including phenoxy) is 1. The first-order chi connectivity index (χ1) is 6.85. The maximum atomic E-state index is 10.3. The summed E-state index contributed by atoms with van der Waals surface area (Å²) in [7, 11) is -4.65. The molecular formula is C6H11O8P. The molecule has 0 bridgehead atoms. The number of phosphoric ester groups is 1. The Balaban J connectivity index is 2.51. The third-order valence-corrected chi connectivity index (χ3v) is 2.43. The van der Waals surface area contributed by atoms with Crippen LogP contribution in [0.4, 0.5) is 0 Å². The lowest BCUT2D eigenvalue weighted by Gasteiger charge is -2.14. The molecule has 0 spiro atoms. The number of aldehydes is 1. The highest BCUT2D eigenvalue weighted by molar-refractivity contribution is 7.46. The van der Waals surface area contributed by atoms with Crippen molar-refractivity contribution in [3.63, 3.8) is 0 Å². The van der Waals surface area contributed by atoms with Crippen molar-refractivity contribution in [2.45, 2.75) is 24.4 Å². The van der Waals surface area contributed by atoms with E-state index in [-0.39, 0.29) is 0 Å². The second kappa shape index (κ2) is 4.67. The van der Waals surface area contributed by atoms with Crippen LogP contribution in [-0.2, 0) is 18.6 Å². The molecule has 0 aliphatic carbocycles. The van der Waals surface area contributed by atoms with E-state index in [4.69, 9.17) is 14.5 Å². The Morgan fingerprint density at radius 1 is 1.33 bits per heavy atom. The molecule has 1 saturated heterocycles. The molecule has 0 unspecified atom stereocenters. The third kappa shape index (κ3) is 3.32. The van der Waals surface area contributed by atoms with Crippen LogP contribution >= 0.6 is 7.82 Å². The average Bonchev–Trinajstić information content (AvgIpc) is 2.40. The number of aliphatic hydroxyl groups excluding tert-OH is 2. The van der Waals surface area contributed by atoms with E-state index in [1.54, 1.807) is 0 Å². The van der Waals surface area contributed by atoms with E-state index in [0.717, 1.165) is 0 Å². The third-order valence-electron chi connectivity index (χ3n) is 1.94. The van der Waals surface area contributed by atoms with Crippen molar-refractivity contribution in [3.05, 3.63) is 0 Å². The van der Waals surface area contributed by atoms with E-state index in [9.17, 15) is 19.6 Å². The molecule has 0 aromatic carbocycles. The fraction of sp³-hybridized carbons (Fsp3) is 0.833. The van der Waals surface area contributed by atoms with Crippen LogP contribution in [0, 0.1) is 0 Å². The van der Waals surface area contributed by atoms with E-state index in [2.05, 4.69) is 4.52 Å². The molecule has 1 rings (SSSR count). The van der Waals surface area contributed by atoms with Crippen molar-refractivity contribution >= 4 is 14.1 Å². The lowest BCUT2D eigenvalue weighted by Crippen LogP contribution is -2.34. The summed E-state index contributed by atoms with van der Waals surface area (Å²) in [6, 6.07) is 0. The van der Waals surface area contributed by atoms with Gasteiger partial charge in [-0.1, -0.05) is 0 Å². The van der Waals surface area contributed by atoms with Crippen molar-refractivity contribution in [1.82, 2.24) is 0 Å². The van der Waals surface area contributed by atoms with Crippen molar-refractivity contribution in [3.8, 4) is 0 Å². The average molecular weight is 242 g/mol. The van der Waals surface area contributed by atoms with Crippen molar-refractivity contribution in [2.24, 2.45) is 0 Å². The predicted octanol–water partition coefficient (Wildman–Crippen LogP) is -2.22. The molecule has 0 saturated carbocycles. The van der Waals surface area contributed by atoms with Crippen LogP contribution in [0.15, 0.2) is 0 Å². The van der Waals surface area contributed by atoms with Crippen LogP contribution in [0.25, 0.3) is 0 Å². The van der Waals surface area contributed by atoms with Gasteiger partial charge in [0, 0.05) is 0 Å². The molecule has 8 nitrogen and oxygen atoms in total. The zero-order chi connectivity index (χ0) is 11.6. The quantitative estimate of drug-likeness (QED) is 0.322. The lowest BCUT2D eigenvalue weighted by atomic mass is 10.1. The molecule has 9 heteroatoms. The number of hydrogen-bond acceptors (Lipinski definition) is 6. The minimum Gasteiger partial charge on any atom is -0.387 e. The van der Waals surface area contributed by atoms with Gasteiger partial charge in [0.2, 0.25) is 0 Å². The first-order valence-corrected chi connectivity index (χ1v) is 5.55. The molecule has 88 valence electrons. The number of aliphatic hydroxyl groups is 2. The standard InChI is InChI=1S/C6H11O8P/c7-1-3-5(8)6(9)4(14-3)2-13-15(10,11)12/h1,3-6,8-9H,2H2,(H2,10,11,12)/t3-,4-,5-,6-/m1/s1. The maximum Gasteiger partial charge on any atom is 0.469 e. The van der Waals surface area contributed by atoms with Gasteiger partial charge in [-0.25, -0.2) is 4.57 Å². The minimum absolute atomic E-state index is 0.297. The van der Waals surface area contributed by atoms with E-state index in [0.29, 0.717) is 6.29 Å². The summed E-state index contributed by atoms with van der Waals surface area (Å²) in [6.07, 6.45) is -4.86. The Morgan fingerprint density at radius 3 is 2.33 bits per heavy atom. The maximum absolute atomic E-state index is 10.3. The van der Waals surface area contributed by atoms with Gasteiger partial charge in [0.1, 0.15) is 24.4 Å². The monoisotopic (exact) mass is 242 g/mol. The SMILES string of the molecule is O=C[C@H]1O[C@H](COP(=O)(O)O)[C@@H](O)[C@@H]1O. The van der Waals surface area contributed by atoms with E-state index < -0.39 is 38.8 Å². The molecule has 0 radical (unpaired) electrons. The zero-order valence-electron chi connectivity index (χ0n) is 7.46. The molecule has 4 N–H and O–H groups in total. The van der Waals surface area contributed by atoms with Crippen LogP contribution < -0.4 is 0 Å². The number of phosphoric acid groups is 1. The van der Waals surface area contributed by atoms with Crippen LogP contribution in [0.2, 0.25) is 0 Å². The Hall–Kier alpha value is -0.340. The van der Waals surface area contributed by atoms with Gasteiger partial charge < -0.3 is 29.5 Å². The fourth-order valence-electron chi connectivity index (χ4n) is 1.20. The van der Waals surface area contributed by atoms with Crippen LogP contribution in [0.1, 0.15) is 0 Å². The van der Waals surface area contributed by atoms with Crippen molar-refractivity contribution < 1.29 is 38.6 Å². The molecule has 0 aromatic heterocycles. The van der Waals surface area contributed by atoms with Crippen molar-refractivity contribution in [1.29, 1.82) is 0 Å². The molecule has 1 aliphatic heterocycles. The number of rotatable bonds is 4. The highest BCUT2D eigenvalue weighted by atomic mass is 31.2. The van der Waals surface area contributed by atoms with Gasteiger partial charge in [-0.3, -0.25) is 4.52 Å². The Kier molecular flexibility index (Phi) is 3.96. The van der Waals surface area contributed by atoms with Gasteiger partial charge >= 0.3 is 7.82 Å². The number of carbonyl (C=O) groups excluding carboxylic acids is 1. The summed E-state index contributed by atoms with van der Waals surface area (Å²) in [6.45, 7) is -0.604. The topological polar surface area (TPSA) is 134 Å². The van der Waals surface area contributed by atoms with E-state index in [1.807, 2.05) is 0 Å². The molecule has 4 atom stereocenters. The lowest BCUT2D eigenvalue weighted by molar-refractivity contribution is -0.121. The molecular weight excluding hydrogens is 231 g/mol. The molecule has 1 fully saturated rings. The Labute approximate surface area is 84.7 Å². The second-order valence-corrected chi connectivity index (χ2v) is 4.28. The normalized spacial score (nSPS) is 36.8. The number of hydrogen-bond donors (Lipinski definition) is 4. The van der Waals surface area contributed by atoms with Crippen LogP contribution in [0.3, 0.4) is 0 Å². The molecule has 15 heavy (non-hydrogen) atoms. The number of carbonyl (C=O) groups is 1. The first-order valence-electron chi connectivity index (χ1n) is 4.02. The summed E-state index contributed by atoms with van der Waals surface area (Å²) in [5.74, 6) is 0. The van der Waals surface area contributed by atoms with Gasteiger partial charge in [0.05, 0.1) is 6.61 Å². The highest BCUT2D eigenvalue weighted by Gasteiger charge is 2.43. The minimum atomic E-state index is -4.65. The summed E-state index contributed by atoms with van der Waals surface area (Å²) in [5, 5.41) is 18.5. The molecule has 0 amide bonds. The Morgan fingerprint density at radius 2 is 1.93 bits per heavy atom. The molecule has 1 heterocycles. The summed E-state index contributed by atoms with van der Waals surface area (Å²) < 4.78 is 19.2. The second-order valence-electron chi connectivity index (χ2n) is 3.04. The molecule has 1 aliphatic rings. The largest absolute Gasteiger partial charge is 0.469 e. The van der Waals surface area contributed by atoms with E-state index in [1.165, 1.54) is 0 Å². The van der Waals surface area contributed by atoms with Gasteiger partial charge in [-0.05, 0) is 0 Å². The molecule has 0 aromatic rings. The summed E-state index contributed by atoms with van der Waals surface area (Å²) in [5.41, 5.74) is 0. The smallest absolute Gasteiger partial charge is 0.387 e. The highest BCUT2D eigenvalue weighted by Crippen LogP contribution is 2.37. The van der Waals surface area contributed by atoms with Gasteiger partial charge in [-0.2, -0.15) is 0 Å². The van der Waals surface area contributed by atoms with E-state index >= 15 is 0 Å². The van der Waals surface area contributed by atoms with Gasteiger partial charge in [0.25, 0.3) is 0 Å². The predicted molar refractivity (Wildman–Crippen MR) is 44.7 cm³/mol. The zero-order valence-corrected chi connectivity index (χ0v) is 8.36. The fourth-order valence-corrected chi connectivity index (χ4v) is 1.54. The van der Waals surface area contributed by atoms with Crippen LogP contribution in [0.5, 0.6) is 0 Å². The van der Waals surface area contributed by atoms with Gasteiger partial charge in [-0.15, -0.1) is 0 Å².